The van der Waals surface area contributed by atoms with Crippen LogP contribution in [0.1, 0.15) is 44.1 Å². The van der Waals surface area contributed by atoms with E-state index >= 15 is 0 Å². The van der Waals surface area contributed by atoms with E-state index < -0.39 is 0 Å². The third-order valence-corrected chi connectivity index (χ3v) is 4.03. The molecular formula is C16H23N3. The maximum absolute atomic E-state index is 4.88. The van der Waals surface area contributed by atoms with Gasteiger partial charge in [0.15, 0.2) is 0 Å². The molecule has 3 heteroatoms. The zero-order valence-corrected chi connectivity index (χ0v) is 12.1. The molecule has 1 fully saturated rings. The Kier molecular flexibility index (Phi) is 3.31. The van der Waals surface area contributed by atoms with E-state index in [0.29, 0.717) is 12.1 Å². The van der Waals surface area contributed by atoms with Crippen molar-refractivity contribution in [3.8, 4) is 0 Å². The summed E-state index contributed by atoms with van der Waals surface area (Å²) in [7, 11) is 0. The maximum Gasteiger partial charge on any atom is 0.111 e. The number of hydrogen-bond acceptors (Lipinski definition) is 2. The minimum absolute atomic E-state index is 0.462. The first-order chi connectivity index (χ1) is 9.15. The molecule has 0 saturated carbocycles. The molecule has 1 saturated heterocycles. The number of fused-ring (bicyclic) bond motifs is 1. The Morgan fingerprint density at radius 2 is 2.26 bits per heavy atom. The number of nitrogens with one attached hydrogen (secondary N) is 1. The van der Waals surface area contributed by atoms with Crippen molar-refractivity contribution >= 4 is 11.0 Å². The minimum Gasteiger partial charge on any atom is -0.325 e. The summed E-state index contributed by atoms with van der Waals surface area (Å²) in [4.78, 5) is 4.88. The van der Waals surface area contributed by atoms with E-state index in [1.54, 1.807) is 0 Å². The molecule has 3 nitrogen and oxygen atoms in total. The van der Waals surface area contributed by atoms with Crippen LogP contribution in [0.2, 0.25) is 0 Å². The molecule has 1 aliphatic rings. The lowest BCUT2D eigenvalue weighted by atomic mass is 10.1. The molecule has 19 heavy (non-hydrogen) atoms. The molecule has 2 aromatic rings. The summed E-state index contributed by atoms with van der Waals surface area (Å²) in [5.74, 6) is 1.23. The summed E-state index contributed by atoms with van der Waals surface area (Å²) in [5, 5.41) is 3.57. The Hall–Kier alpha value is -1.35. The van der Waals surface area contributed by atoms with Crippen molar-refractivity contribution in [3.63, 3.8) is 0 Å². The van der Waals surface area contributed by atoms with E-state index in [1.807, 2.05) is 0 Å². The van der Waals surface area contributed by atoms with Gasteiger partial charge in [-0.15, -0.1) is 0 Å². The predicted molar refractivity (Wildman–Crippen MR) is 79.6 cm³/mol. The van der Waals surface area contributed by atoms with Gasteiger partial charge in [0.1, 0.15) is 5.82 Å². The summed E-state index contributed by atoms with van der Waals surface area (Å²) in [6.07, 6.45) is 3.62. The van der Waals surface area contributed by atoms with Crippen LogP contribution in [0.25, 0.3) is 11.0 Å². The Morgan fingerprint density at radius 3 is 2.95 bits per heavy atom. The predicted octanol–water partition coefficient (Wildman–Crippen LogP) is 3.22. The van der Waals surface area contributed by atoms with Crippen molar-refractivity contribution in [2.24, 2.45) is 0 Å². The first-order valence-corrected chi connectivity index (χ1v) is 7.36. The Morgan fingerprint density at radius 1 is 1.42 bits per heavy atom. The van der Waals surface area contributed by atoms with Crippen molar-refractivity contribution < 1.29 is 0 Å². The number of benzene rings is 1. The van der Waals surface area contributed by atoms with Gasteiger partial charge in [0.25, 0.3) is 0 Å². The van der Waals surface area contributed by atoms with Crippen molar-refractivity contribution in [2.45, 2.75) is 52.1 Å². The van der Waals surface area contributed by atoms with Crippen molar-refractivity contribution in [2.75, 3.05) is 6.54 Å². The molecular weight excluding hydrogens is 234 g/mol. The molecule has 0 aliphatic carbocycles. The number of nitrogens with zero attached hydrogens (tertiary/aromatic N) is 2. The first kappa shape index (κ1) is 12.7. The molecule has 1 aromatic heterocycles. The van der Waals surface area contributed by atoms with Crippen LogP contribution in [0.4, 0.5) is 0 Å². The Bertz CT molecular complexity index is 577. The largest absolute Gasteiger partial charge is 0.325 e. The maximum atomic E-state index is 4.88. The second-order valence-electron chi connectivity index (χ2n) is 5.98. The molecule has 1 unspecified atom stereocenters. The lowest BCUT2D eigenvalue weighted by Gasteiger charge is -2.15. The van der Waals surface area contributed by atoms with Crippen LogP contribution in [0.3, 0.4) is 0 Å². The van der Waals surface area contributed by atoms with Gasteiger partial charge in [0.2, 0.25) is 0 Å². The zero-order chi connectivity index (χ0) is 13.4. The molecule has 2 heterocycles. The summed E-state index contributed by atoms with van der Waals surface area (Å²) >= 11 is 0. The number of imidazole rings is 1. The number of rotatable bonds is 3. The van der Waals surface area contributed by atoms with Crippen molar-refractivity contribution in [1.29, 1.82) is 0 Å². The molecule has 1 aromatic carbocycles. The molecule has 3 rings (SSSR count). The van der Waals surface area contributed by atoms with Gasteiger partial charge < -0.3 is 9.88 Å². The van der Waals surface area contributed by atoms with Crippen LogP contribution >= 0.6 is 0 Å². The van der Waals surface area contributed by atoms with Crippen LogP contribution in [-0.4, -0.2) is 22.1 Å². The Labute approximate surface area is 115 Å². The lowest BCUT2D eigenvalue weighted by Crippen LogP contribution is -2.25. The third kappa shape index (κ3) is 2.39. The quantitative estimate of drug-likeness (QED) is 0.915. The SMILES string of the molecule is Cc1ccc2c(c1)nc(CC1CCCN1)n2C(C)C. The van der Waals surface area contributed by atoms with E-state index in [4.69, 9.17) is 4.98 Å². The summed E-state index contributed by atoms with van der Waals surface area (Å²) < 4.78 is 2.40. The minimum atomic E-state index is 0.462. The molecule has 0 amide bonds. The molecule has 0 bridgehead atoms. The number of hydrogen-bond donors (Lipinski definition) is 1. The molecule has 1 N–H and O–H groups in total. The van der Waals surface area contributed by atoms with Crippen LogP contribution in [0.5, 0.6) is 0 Å². The highest BCUT2D eigenvalue weighted by Crippen LogP contribution is 2.24. The Balaban J connectivity index is 2.03. The highest BCUT2D eigenvalue weighted by Gasteiger charge is 2.20. The summed E-state index contributed by atoms with van der Waals surface area (Å²) in [6, 6.07) is 7.66. The van der Waals surface area contributed by atoms with Crippen molar-refractivity contribution in [3.05, 3.63) is 29.6 Å². The monoisotopic (exact) mass is 257 g/mol. The highest BCUT2D eigenvalue weighted by molar-refractivity contribution is 5.77. The third-order valence-electron chi connectivity index (χ3n) is 4.03. The molecule has 0 spiro atoms. The van der Waals surface area contributed by atoms with Gasteiger partial charge in [-0.2, -0.15) is 0 Å². The highest BCUT2D eigenvalue weighted by atomic mass is 15.1. The second kappa shape index (κ2) is 4.97. The van der Waals surface area contributed by atoms with Gasteiger partial charge in [0, 0.05) is 18.5 Å². The summed E-state index contributed by atoms with van der Waals surface area (Å²) in [6.45, 7) is 7.77. The van der Waals surface area contributed by atoms with E-state index in [2.05, 4.69) is 48.9 Å². The second-order valence-corrected chi connectivity index (χ2v) is 5.98. The summed E-state index contributed by atoms with van der Waals surface area (Å²) in [5.41, 5.74) is 3.70. The van der Waals surface area contributed by atoms with Gasteiger partial charge >= 0.3 is 0 Å². The fourth-order valence-corrected chi connectivity index (χ4v) is 3.13. The standard InChI is InChI=1S/C16H23N3/c1-11(2)19-15-7-6-12(3)9-14(15)18-16(19)10-13-5-4-8-17-13/h6-7,9,11,13,17H,4-5,8,10H2,1-3H3. The van der Waals surface area contributed by atoms with E-state index in [-0.39, 0.29) is 0 Å². The van der Waals surface area contributed by atoms with Gasteiger partial charge in [0.05, 0.1) is 11.0 Å². The first-order valence-electron chi connectivity index (χ1n) is 7.36. The van der Waals surface area contributed by atoms with Crippen molar-refractivity contribution in [1.82, 2.24) is 14.9 Å². The topological polar surface area (TPSA) is 29.9 Å². The molecule has 0 radical (unpaired) electrons. The zero-order valence-electron chi connectivity index (χ0n) is 12.1. The van der Waals surface area contributed by atoms with E-state index in [9.17, 15) is 0 Å². The van der Waals surface area contributed by atoms with Crippen LogP contribution in [-0.2, 0) is 6.42 Å². The molecule has 102 valence electrons. The fraction of sp³-hybridized carbons (Fsp3) is 0.562. The normalized spacial score (nSPS) is 19.7. The number of aryl methyl sites for hydroxylation is 1. The van der Waals surface area contributed by atoms with E-state index in [1.165, 1.54) is 29.7 Å². The smallest absolute Gasteiger partial charge is 0.111 e. The van der Waals surface area contributed by atoms with Crippen LogP contribution < -0.4 is 5.32 Å². The average Bonchev–Trinajstić information content (AvgIpc) is 2.95. The van der Waals surface area contributed by atoms with Gasteiger partial charge in [-0.1, -0.05) is 6.07 Å². The number of aromatic nitrogens is 2. The van der Waals surface area contributed by atoms with Crippen LogP contribution in [0, 0.1) is 6.92 Å². The molecule has 1 atom stereocenters. The lowest BCUT2D eigenvalue weighted by molar-refractivity contribution is 0.530. The van der Waals surface area contributed by atoms with Gasteiger partial charge in [-0.05, 0) is 57.9 Å². The van der Waals surface area contributed by atoms with E-state index in [0.717, 1.165) is 18.5 Å². The van der Waals surface area contributed by atoms with Gasteiger partial charge in [-0.3, -0.25) is 0 Å². The average molecular weight is 257 g/mol. The molecule has 1 aliphatic heterocycles. The van der Waals surface area contributed by atoms with Crippen LogP contribution in [0.15, 0.2) is 18.2 Å². The fourth-order valence-electron chi connectivity index (χ4n) is 3.13. The van der Waals surface area contributed by atoms with Gasteiger partial charge in [-0.25, -0.2) is 4.98 Å².